The van der Waals surface area contributed by atoms with Crippen LogP contribution in [0.1, 0.15) is 99.3 Å². The van der Waals surface area contributed by atoms with Crippen molar-refractivity contribution in [3.8, 4) is 6.07 Å². The zero-order chi connectivity index (χ0) is 27.5. The Kier molecular flexibility index (Phi) is 5.14. The summed E-state index contributed by atoms with van der Waals surface area (Å²) in [6, 6.07) is 2.20. The third-order valence-electron chi connectivity index (χ3n) is 13.0. The molecule has 8 atom stereocenters. The van der Waals surface area contributed by atoms with Gasteiger partial charge in [-0.05, 0) is 79.1 Å². The number of hydrogen-bond acceptors (Lipinski definition) is 5. The second kappa shape index (κ2) is 7.58. The molecule has 0 unspecified atom stereocenters. The maximum atomic E-state index is 14.5. The first-order valence-corrected chi connectivity index (χ1v) is 14.5. The van der Waals surface area contributed by atoms with Gasteiger partial charge < -0.3 is 4.42 Å². The fourth-order valence-electron chi connectivity index (χ4n) is 10.4. The number of nitriles is 1. The summed E-state index contributed by atoms with van der Waals surface area (Å²) in [5.74, 6) is 1.27. The van der Waals surface area contributed by atoms with E-state index in [-0.39, 0.29) is 56.6 Å². The summed E-state index contributed by atoms with van der Waals surface area (Å²) in [4.78, 5) is 32.2. The van der Waals surface area contributed by atoms with E-state index in [4.69, 9.17) is 4.42 Å². The molecule has 0 aliphatic heterocycles. The van der Waals surface area contributed by atoms with Crippen LogP contribution in [0.25, 0.3) is 0 Å². The van der Waals surface area contributed by atoms with Crippen LogP contribution in [-0.2, 0) is 15.0 Å². The number of aromatic nitrogens is 1. The molecule has 0 amide bonds. The lowest BCUT2D eigenvalue weighted by Gasteiger charge is -2.69. The highest BCUT2D eigenvalue weighted by atomic mass is 16.3. The maximum absolute atomic E-state index is 14.5. The van der Waals surface area contributed by atoms with Crippen LogP contribution in [0, 0.1) is 56.2 Å². The van der Waals surface area contributed by atoms with Crippen LogP contribution in [0.2, 0.25) is 0 Å². The summed E-state index contributed by atoms with van der Waals surface area (Å²) in [5.41, 5.74) is -0.114. The van der Waals surface area contributed by atoms with Gasteiger partial charge in [0, 0.05) is 22.2 Å². The molecule has 1 aromatic heterocycles. The van der Waals surface area contributed by atoms with Crippen molar-refractivity contribution < 1.29 is 14.0 Å². The van der Waals surface area contributed by atoms with Crippen molar-refractivity contribution >= 4 is 11.6 Å². The van der Waals surface area contributed by atoms with Gasteiger partial charge >= 0.3 is 0 Å². The van der Waals surface area contributed by atoms with Crippen molar-refractivity contribution in [3.05, 3.63) is 41.6 Å². The monoisotopic (exact) mass is 514 g/mol. The predicted molar refractivity (Wildman–Crippen MR) is 145 cm³/mol. The van der Waals surface area contributed by atoms with E-state index in [1.807, 2.05) is 26.0 Å². The molecule has 6 rings (SSSR count). The van der Waals surface area contributed by atoms with Gasteiger partial charge in [0.2, 0.25) is 0 Å². The topological polar surface area (TPSA) is 84.0 Å². The van der Waals surface area contributed by atoms with E-state index < -0.39 is 10.8 Å². The summed E-state index contributed by atoms with van der Waals surface area (Å²) in [5, 5.41) is 9.90. The molecular weight excluding hydrogens is 472 g/mol. The highest BCUT2D eigenvalue weighted by molar-refractivity contribution is 6.04. The highest BCUT2D eigenvalue weighted by Gasteiger charge is 2.69. The minimum absolute atomic E-state index is 0.0533. The molecule has 0 saturated heterocycles. The Balaban J connectivity index is 1.49. The molecule has 202 valence electrons. The number of fused-ring (bicyclic) bond motifs is 7. The third-order valence-corrected chi connectivity index (χ3v) is 13.0. The van der Waals surface area contributed by atoms with Gasteiger partial charge in [0.15, 0.2) is 17.5 Å². The van der Waals surface area contributed by atoms with Gasteiger partial charge in [0.25, 0.3) is 0 Å². The molecule has 0 spiro atoms. The van der Waals surface area contributed by atoms with E-state index in [9.17, 15) is 14.9 Å². The Morgan fingerprint density at radius 3 is 2.37 bits per heavy atom. The Morgan fingerprint density at radius 2 is 1.71 bits per heavy atom. The van der Waals surface area contributed by atoms with Crippen molar-refractivity contribution in [2.24, 2.45) is 44.8 Å². The van der Waals surface area contributed by atoms with E-state index >= 15 is 0 Å². The Labute approximate surface area is 227 Å². The summed E-state index contributed by atoms with van der Waals surface area (Å²) >= 11 is 0. The van der Waals surface area contributed by atoms with Gasteiger partial charge in [-0.3, -0.25) is 9.59 Å². The molecule has 0 N–H and O–H groups in total. The zero-order valence-corrected chi connectivity index (χ0v) is 24.1. The molecule has 0 radical (unpaired) electrons. The molecule has 3 fully saturated rings. The average molecular weight is 515 g/mol. The summed E-state index contributed by atoms with van der Waals surface area (Å²) in [6.45, 7) is 15.6. The second-order valence-electron chi connectivity index (χ2n) is 15.1. The number of rotatable bonds is 1. The molecule has 3 saturated carbocycles. The van der Waals surface area contributed by atoms with Crippen molar-refractivity contribution in [3.63, 3.8) is 0 Å². The first-order valence-electron chi connectivity index (χ1n) is 14.5. The number of carbonyl (C=O) groups is 2. The van der Waals surface area contributed by atoms with Crippen molar-refractivity contribution in [1.29, 1.82) is 5.26 Å². The van der Waals surface area contributed by atoms with Crippen LogP contribution >= 0.6 is 0 Å². The molecule has 0 aromatic carbocycles. The Bertz CT molecular complexity index is 1330. The predicted octanol–water partition coefficient (Wildman–Crippen LogP) is 7.15. The van der Waals surface area contributed by atoms with E-state index in [2.05, 4.69) is 45.7 Å². The smallest absolute Gasteiger partial charge is 0.199 e. The second-order valence-corrected chi connectivity index (χ2v) is 15.1. The number of oxazole rings is 1. The van der Waals surface area contributed by atoms with Crippen LogP contribution in [-0.4, -0.2) is 16.6 Å². The molecule has 1 aromatic rings. The quantitative estimate of drug-likeness (QED) is 0.397. The van der Waals surface area contributed by atoms with Crippen molar-refractivity contribution in [1.82, 2.24) is 4.98 Å². The van der Waals surface area contributed by atoms with Crippen LogP contribution in [0.5, 0.6) is 0 Å². The standard InChI is InChI=1S/C33H42N2O3/c1-28(2)23-8-9-32(6)24(31(23,5)17-20(19-34)26(28)37)16-22(36)25-21-18-30(4,27-35-14-15-38-27)11-10-29(21,3)12-13-33(25,32)7/h14-17,21,23,25H,8-13,18H2,1-7H3/t21-,23-,25-,29+,30-,31-,32+,33+/m0/s1. The highest BCUT2D eigenvalue weighted by Crippen LogP contribution is 2.74. The molecule has 0 bridgehead atoms. The third kappa shape index (κ3) is 2.96. The van der Waals surface area contributed by atoms with Gasteiger partial charge in [-0.1, -0.05) is 60.1 Å². The van der Waals surface area contributed by atoms with Gasteiger partial charge in [-0.2, -0.15) is 5.26 Å². The summed E-state index contributed by atoms with van der Waals surface area (Å²) in [6.07, 6.45) is 14.4. The van der Waals surface area contributed by atoms with Crippen molar-refractivity contribution in [2.75, 3.05) is 0 Å². The average Bonchev–Trinajstić information content (AvgIpc) is 3.40. The Morgan fingerprint density at radius 1 is 1.00 bits per heavy atom. The number of carbonyl (C=O) groups excluding carboxylic acids is 2. The van der Waals surface area contributed by atoms with E-state index in [1.165, 1.54) is 0 Å². The lowest BCUT2D eigenvalue weighted by atomic mass is 9.34. The molecule has 5 nitrogen and oxygen atoms in total. The number of ketones is 2. The van der Waals surface area contributed by atoms with E-state index in [0.717, 1.165) is 56.4 Å². The summed E-state index contributed by atoms with van der Waals surface area (Å²) < 4.78 is 5.84. The lowest BCUT2D eigenvalue weighted by Crippen LogP contribution is -2.64. The minimum atomic E-state index is -0.635. The summed E-state index contributed by atoms with van der Waals surface area (Å²) in [7, 11) is 0. The molecule has 5 aliphatic carbocycles. The van der Waals surface area contributed by atoms with Gasteiger partial charge in [-0.25, -0.2) is 4.98 Å². The van der Waals surface area contributed by atoms with Crippen LogP contribution in [0.15, 0.2) is 40.2 Å². The fraction of sp³-hybridized carbons (Fsp3) is 0.697. The largest absolute Gasteiger partial charge is 0.448 e. The van der Waals surface area contributed by atoms with Gasteiger partial charge in [-0.15, -0.1) is 0 Å². The molecule has 1 heterocycles. The van der Waals surface area contributed by atoms with Crippen LogP contribution in [0.3, 0.4) is 0 Å². The number of allylic oxidation sites excluding steroid dienone is 4. The van der Waals surface area contributed by atoms with E-state index in [0.29, 0.717) is 0 Å². The Hall–Kier alpha value is -2.48. The molecule has 5 aliphatic rings. The van der Waals surface area contributed by atoms with Crippen molar-refractivity contribution in [2.45, 2.75) is 98.8 Å². The SMILES string of the molecule is CC1(C)C(=O)C(C#N)=C[C@]2(C)C3=CC(=O)[C@@H]4[C@@H]5C[C@@](C)(c6ncco6)CC[C@]5(C)CC[C@@]4(C)[C@]3(C)CC[C@@H]12. The maximum Gasteiger partial charge on any atom is 0.199 e. The van der Waals surface area contributed by atoms with E-state index in [1.54, 1.807) is 12.5 Å². The van der Waals surface area contributed by atoms with Crippen LogP contribution in [0.4, 0.5) is 0 Å². The molecule has 5 heteroatoms. The van der Waals surface area contributed by atoms with Crippen LogP contribution < -0.4 is 0 Å². The lowest BCUT2D eigenvalue weighted by molar-refractivity contribution is -0.166. The molecule has 38 heavy (non-hydrogen) atoms. The fourth-order valence-corrected chi connectivity index (χ4v) is 10.4. The normalized spacial score (nSPS) is 47.5. The first-order chi connectivity index (χ1) is 17.7. The van der Waals surface area contributed by atoms with Gasteiger partial charge in [0.1, 0.15) is 12.3 Å². The van der Waals surface area contributed by atoms with Gasteiger partial charge in [0.05, 0.1) is 11.8 Å². The first kappa shape index (κ1) is 25.8. The number of nitrogens with zero attached hydrogens (tertiary/aromatic N) is 2. The number of Topliss-reactive ketones (excluding diaryl/α,β-unsaturated/α-hetero) is 1. The minimum Gasteiger partial charge on any atom is -0.448 e. The number of hydrogen-bond donors (Lipinski definition) is 0. The molecular formula is C33H42N2O3. The zero-order valence-electron chi connectivity index (χ0n) is 24.1.